The maximum absolute atomic E-state index is 13.6. The Morgan fingerprint density at radius 3 is 2.39 bits per heavy atom. The second-order valence-electron chi connectivity index (χ2n) is 10.5. The number of anilines is 3. The molecule has 2 aromatic carbocycles. The second-order valence-corrected chi connectivity index (χ2v) is 10.5. The highest BCUT2D eigenvalue weighted by atomic mass is 16.2. The Bertz CT molecular complexity index is 1170. The Morgan fingerprint density at radius 2 is 1.78 bits per heavy atom. The number of amides is 1. The number of imidazole rings is 1. The molecule has 0 bridgehead atoms. The minimum atomic E-state index is 0.107. The summed E-state index contributed by atoms with van der Waals surface area (Å²) in [7, 11) is 0. The SMILES string of the molecule is C=CNc1cc(Nc2nc3ccc(C(=O)N(CCC(C)C)CCC(C)C)cc3n2CCC)ccc1C. The van der Waals surface area contributed by atoms with Crippen molar-refractivity contribution in [2.75, 3.05) is 23.7 Å². The molecule has 1 heterocycles. The van der Waals surface area contributed by atoms with Gasteiger partial charge in [-0.15, -0.1) is 0 Å². The van der Waals surface area contributed by atoms with Crippen molar-refractivity contribution < 1.29 is 4.79 Å². The second kappa shape index (κ2) is 12.6. The van der Waals surface area contributed by atoms with Crippen molar-refractivity contribution in [3.63, 3.8) is 0 Å². The summed E-state index contributed by atoms with van der Waals surface area (Å²) in [6.07, 6.45) is 4.66. The lowest BCUT2D eigenvalue weighted by molar-refractivity contribution is 0.0741. The van der Waals surface area contributed by atoms with E-state index in [4.69, 9.17) is 4.98 Å². The lowest BCUT2D eigenvalue weighted by Crippen LogP contribution is -2.34. The van der Waals surface area contributed by atoms with E-state index in [1.54, 1.807) is 6.20 Å². The van der Waals surface area contributed by atoms with Crippen molar-refractivity contribution in [1.82, 2.24) is 14.5 Å². The van der Waals surface area contributed by atoms with Gasteiger partial charge in [-0.25, -0.2) is 4.98 Å². The van der Waals surface area contributed by atoms with E-state index in [9.17, 15) is 4.79 Å². The van der Waals surface area contributed by atoms with Gasteiger partial charge in [0.1, 0.15) is 0 Å². The van der Waals surface area contributed by atoms with E-state index in [2.05, 4.69) is 81.5 Å². The van der Waals surface area contributed by atoms with Crippen LogP contribution in [0.4, 0.5) is 17.3 Å². The summed E-state index contributed by atoms with van der Waals surface area (Å²) >= 11 is 0. The zero-order valence-electron chi connectivity index (χ0n) is 22.9. The molecule has 0 aliphatic rings. The third-order valence-corrected chi connectivity index (χ3v) is 6.43. The molecule has 194 valence electrons. The van der Waals surface area contributed by atoms with Crippen LogP contribution in [0, 0.1) is 18.8 Å². The molecule has 36 heavy (non-hydrogen) atoms. The van der Waals surface area contributed by atoms with Crippen LogP contribution in [0.2, 0.25) is 0 Å². The molecule has 3 rings (SSSR count). The fourth-order valence-corrected chi connectivity index (χ4v) is 4.22. The summed E-state index contributed by atoms with van der Waals surface area (Å²) < 4.78 is 2.18. The zero-order valence-corrected chi connectivity index (χ0v) is 22.9. The molecular formula is C30H43N5O. The highest BCUT2D eigenvalue weighted by Crippen LogP contribution is 2.27. The van der Waals surface area contributed by atoms with Gasteiger partial charge in [-0.3, -0.25) is 4.79 Å². The Balaban J connectivity index is 1.94. The van der Waals surface area contributed by atoms with Gasteiger partial charge in [0.25, 0.3) is 5.91 Å². The van der Waals surface area contributed by atoms with Crippen LogP contribution in [0.5, 0.6) is 0 Å². The summed E-state index contributed by atoms with van der Waals surface area (Å²) in [5, 5.41) is 6.68. The lowest BCUT2D eigenvalue weighted by Gasteiger charge is -2.24. The summed E-state index contributed by atoms with van der Waals surface area (Å²) in [6.45, 7) is 19.2. The van der Waals surface area contributed by atoms with Crippen molar-refractivity contribution >= 4 is 34.3 Å². The van der Waals surface area contributed by atoms with Crippen molar-refractivity contribution in [3.05, 3.63) is 60.3 Å². The maximum atomic E-state index is 13.6. The van der Waals surface area contributed by atoms with Gasteiger partial charge < -0.3 is 20.1 Å². The molecule has 0 saturated heterocycles. The van der Waals surface area contributed by atoms with Crippen LogP contribution in [0.1, 0.15) is 69.8 Å². The van der Waals surface area contributed by atoms with E-state index in [-0.39, 0.29) is 5.91 Å². The van der Waals surface area contributed by atoms with Crippen LogP contribution < -0.4 is 10.6 Å². The number of nitrogens with one attached hydrogen (secondary N) is 2. The number of carbonyl (C=O) groups excluding carboxylic acids is 1. The number of hydrogen-bond donors (Lipinski definition) is 2. The molecule has 0 radical (unpaired) electrons. The van der Waals surface area contributed by atoms with E-state index < -0.39 is 0 Å². The predicted molar refractivity (Wildman–Crippen MR) is 153 cm³/mol. The number of fused-ring (bicyclic) bond motifs is 1. The van der Waals surface area contributed by atoms with E-state index in [0.29, 0.717) is 11.8 Å². The number of rotatable bonds is 13. The number of benzene rings is 2. The molecule has 0 atom stereocenters. The number of carbonyl (C=O) groups is 1. The molecule has 0 aliphatic carbocycles. The van der Waals surface area contributed by atoms with Crippen LogP contribution in [-0.2, 0) is 6.54 Å². The third-order valence-electron chi connectivity index (χ3n) is 6.43. The van der Waals surface area contributed by atoms with Gasteiger partial charge in [0.2, 0.25) is 5.95 Å². The minimum absolute atomic E-state index is 0.107. The van der Waals surface area contributed by atoms with Crippen molar-refractivity contribution in [2.24, 2.45) is 11.8 Å². The van der Waals surface area contributed by atoms with Gasteiger partial charge in [-0.1, -0.05) is 47.3 Å². The quantitative estimate of drug-likeness (QED) is 0.260. The number of aromatic nitrogens is 2. The first kappa shape index (κ1) is 27.3. The molecule has 6 nitrogen and oxygen atoms in total. The highest BCUT2D eigenvalue weighted by molar-refractivity contribution is 5.98. The molecule has 3 aromatic rings. The Morgan fingerprint density at radius 1 is 1.08 bits per heavy atom. The van der Waals surface area contributed by atoms with E-state index in [1.165, 1.54) is 0 Å². The minimum Gasteiger partial charge on any atom is -0.362 e. The van der Waals surface area contributed by atoms with Gasteiger partial charge in [0, 0.05) is 36.6 Å². The van der Waals surface area contributed by atoms with Crippen LogP contribution in [-0.4, -0.2) is 33.4 Å². The number of aryl methyl sites for hydroxylation is 2. The molecule has 0 aliphatic heterocycles. The summed E-state index contributed by atoms with van der Waals surface area (Å²) in [6, 6.07) is 12.1. The largest absolute Gasteiger partial charge is 0.362 e. The highest BCUT2D eigenvalue weighted by Gasteiger charge is 2.19. The van der Waals surface area contributed by atoms with Crippen molar-refractivity contribution in [1.29, 1.82) is 0 Å². The molecule has 1 aromatic heterocycles. The van der Waals surface area contributed by atoms with E-state index in [1.807, 2.05) is 23.1 Å². The van der Waals surface area contributed by atoms with Crippen LogP contribution in [0.3, 0.4) is 0 Å². The van der Waals surface area contributed by atoms with Gasteiger partial charge in [-0.05, 0) is 80.1 Å². The Labute approximate surface area is 216 Å². The number of nitrogens with zero attached hydrogens (tertiary/aromatic N) is 3. The molecule has 1 amide bonds. The first-order valence-corrected chi connectivity index (χ1v) is 13.3. The molecular weight excluding hydrogens is 446 g/mol. The zero-order chi connectivity index (χ0) is 26.2. The summed E-state index contributed by atoms with van der Waals surface area (Å²) in [5.74, 6) is 2.01. The van der Waals surface area contributed by atoms with E-state index in [0.717, 1.165) is 78.4 Å². The van der Waals surface area contributed by atoms with Crippen molar-refractivity contribution in [2.45, 2.75) is 67.3 Å². The first-order valence-electron chi connectivity index (χ1n) is 13.3. The van der Waals surface area contributed by atoms with Crippen molar-refractivity contribution in [3.8, 4) is 0 Å². The topological polar surface area (TPSA) is 62.2 Å². The summed E-state index contributed by atoms with van der Waals surface area (Å²) in [4.78, 5) is 20.5. The summed E-state index contributed by atoms with van der Waals surface area (Å²) in [5.41, 5.74) is 5.69. The fraction of sp³-hybridized carbons (Fsp3) is 0.467. The average molecular weight is 490 g/mol. The monoisotopic (exact) mass is 489 g/mol. The molecule has 0 saturated carbocycles. The Kier molecular flexibility index (Phi) is 9.57. The van der Waals surface area contributed by atoms with Crippen LogP contribution >= 0.6 is 0 Å². The molecule has 0 fully saturated rings. The van der Waals surface area contributed by atoms with Gasteiger partial charge in [-0.2, -0.15) is 0 Å². The molecule has 0 unspecified atom stereocenters. The number of hydrogen-bond acceptors (Lipinski definition) is 4. The molecule has 0 spiro atoms. The predicted octanol–water partition coefficient (Wildman–Crippen LogP) is 7.59. The lowest BCUT2D eigenvalue weighted by atomic mass is 10.1. The maximum Gasteiger partial charge on any atom is 0.253 e. The van der Waals surface area contributed by atoms with Crippen LogP contribution in [0.15, 0.2) is 49.2 Å². The molecule has 2 N–H and O–H groups in total. The fourth-order valence-electron chi connectivity index (χ4n) is 4.22. The Hall–Kier alpha value is -3.28. The van der Waals surface area contributed by atoms with Gasteiger partial charge in [0.15, 0.2) is 0 Å². The molecule has 6 heteroatoms. The normalized spacial score (nSPS) is 11.3. The first-order chi connectivity index (χ1) is 17.2. The van der Waals surface area contributed by atoms with Gasteiger partial charge >= 0.3 is 0 Å². The third kappa shape index (κ3) is 6.90. The van der Waals surface area contributed by atoms with Crippen LogP contribution in [0.25, 0.3) is 11.0 Å². The standard InChI is InChI=1S/C30H43N5O/c1-8-16-35-28-19-24(29(36)34(17-14-21(3)4)18-15-22(5)6)11-13-26(28)33-30(35)32-25-12-10-23(7)27(20-25)31-9-2/h9-13,19-22,31H,2,8,14-18H2,1,3-7H3,(H,32,33). The average Bonchev–Trinajstić information content (AvgIpc) is 3.17. The van der Waals surface area contributed by atoms with E-state index >= 15 is 0 Å². The van der Waals surface area contributed by atoms with Gasteiger partial charge in [0.05, 0.1) is 11.0 Å². The smallest absolute Gasteiger partial charge is 0.253 e.